The molecule has 1 amide bonds. The van der Waals surface area contributed by atoms with Crippen molar-refractivity contribution in [2.24, 2.45) is 0 Å². The van der Waals surface area contributed by atoms with Gasteiger partial charge in [-0.1, -0.05) is 59.8 Å². The number of carbonyl (C=O) groups excluding carboxylic acids is 1. The number of hydrogen-bond acceptors (Lipinski definition) is 4. The van der Waals surface area contributed by atoms with Crippen LogP contribution in [0.1, 0.15) is 28.6 Å². The Morgan fingerprint density at radius 3 is 2.52 bits per heavy atom. The van der Waals surface area contributed by atoms with Crippen molar-refractivity contribution in [1.29, 1.82) is 0 Å². The van der Waals surface area contributed by atoms with Gasteiger partial charge in [0.1, 0.15) is 5.69 Å². The molecule has 5 nitrogen and oxygen atoms in total. The summed E-state index contributed by atoms with van der Waals surface area (Å²) in [6, 6.07) is 19.2. The van der Waals surface area contributed by atoms with E-state index in [1.807, 2.05) is 61.5 Å². The van der Waals surface area contributed by atoms with Crippen LogP contribution in [0.5, 0.6) is 0 Å². The van der Waals surface area contributed by atoms with Crippen molar-refractivity contribution >= 4 is 5.91 Å². The summed E-state index contributed by atoms with van der Waals surface area (Å²) in [5.74, 6) is -0.0834. The first-order valence-corrected chi connectivity index (χ1v) is 8.22. The fraction of sp³-hybridized carbons (Fsp3) is 0.200. The first kappa shape index (κ1) is 16.9. The van der Waals surface area contributed by atoms with E-state index in [1.165, 1.54) is 0 Å². The number of amides is 1. The third-order valence-electron chi connectivity index (χ3n) is 3.75. The number of nitrogens with one attached hydrogen (secondary N) is 1. The zero-order chi connectivity index (χ0) is 17.5. The van der Waals surface area contributed by atoms with Crippen molar-refractivity contribution in [3.63, 3.8) is 0 Å². The van der Waals surface area contributed by atoms with Crippen LogP contribution in [0.3, 0.4) is 0 Å². The van der Waals surface area contributed by atoms with Gasteiger partial charge < -0.3 is 14.6 Å². The van der Waals surface area contributed by atoms with E-state index in [-0.39, 0.29) is 11.7 Å². The topological polar surface area (TPSA) is 64.4 Å². The normalized spacial score (nSPS) is 10.6. The molecular formula is C20H20N2O3. The molecule has 0 aliphatic carbocycles. The molecule has 0 saturated heterocycles. The molecule has 1 N–H and O–H groups in total. The molecule has 0 radical (unpaired) electrons. The number of carbonyl (C=O) groups is 1. The second-order valence-corrected chi connectivity index (χ2v) is 5.58. The zero-order valence-corrected chi connectivity index (χ0v) is 14.1. The summed E-state index contributed by atoms with van der Waals surface area (Å²) in [7, 11) is 0. The lowest BCUT2D eigenvalue weighted by Gasteiger charge is -2.05. The van der Waals surface area contributed by atoms with E-state index >= 15 is 0 Å². The van der Waals surface area contributed by atoms with E-state index in [9.17, 15) is 4.79 Å². The van der Waals surface area contributed by atoms with Crippen molar-refractivity contribution < 1.29 is 14.1 Å². The predicted octanol–water partition coefficient (Wildman–Crippen LogP) is 3.81. The molecular weight excluding hydrogens is 316 g/mol. The first-order valence-electron chi connectivity index (χ1n) is 8.22. The Hall–Kier alpha value is -2.92. The maximum Gasteiger partial charge on any atom is 0.290 e. The number of hydrogen-bond donors (Lipinski definition) is 1. The van der Waals surface area contributed by atoms with Gasteiger partial charge in [-0.3, -0.25) is 4.79 Å². The molecule has 0 aliphatic rings. The van der Waals surface area contributed by atoms with Gasteiger partial charge in [0.05, 0.1) is 6.61 Å². The Balaban J connectivity index is 1.57. The van der Waals surface area contributed by atoms with Crippen molar-refractivity contribution in [3.05, 3.63) is 77.6 Å². The van der Waals surface area contributed by atoms with Gasteiger partial charge >= 0.3 is 0 Å². The van der Waals surface area contributed by atoms with E-state index in [0.717, 1.165) is 16.7 Å². The molecule has 3 aromatic rings. The van der Waals surface area contributed by atoms with Gasteiger partial charge in [-0.05, 0) is 18.1 Å². The SMILES string of the molecule is CCOCc1ccc(CNC(=O)c2cc(-c3ccccc3)no2)cc1. The van der Waals surface area contributed by atoms with Crippen molar-refractivity contribution in [1.82, 2.24) is 10.5 Å². The van der Waals surface area contributed by atoms with Gasteiger partial charge in [-0.15, -0.1) is 0 Å². The average molecular weight is 336 g/mol. The summed E-state index contributed by atoms with van der Waals surface area (Å²) in [5, 5.41) is 6.79. The summed E-state index contributed by atoms with van der Waals surface area (Å²) < 4.78 is 10.5. The summed E-state index contributed by atoms with van der Waals surface area (Å²) >= 11 is 0. The van der Waals surface area contributed by atoms with E-state index in [0.29, 0.717) is 25.5 Å². The fourth-order valence-corrected chi connectivity index (χ4v) is 2.37. The van der Waals surface area contributed by atoms with Gasteiger partial charge in [0.15, 0.2) is 0 Å². The number of nitrogens with zero attached hydrogens (tertiary/aromatic N) is 1. The molecule has 0 unspecified atom stereocenters. The van der Waals surface area contributed by atoms with E-state index in [2.05, 4.69) is 10.5 Å². The van der Waals surface area contributed by atoms with Gasteiger partial charge in [0, 0.05) is 24.8 Å². The molecule has 0 bridgehead atoms. The molecule has 2 aromatic carbocycles. The average Bonchev–Trinajstić information content (AvgIpc) is 3.16. The van der Waals surface area contributed by atoms with Crippen molar-refractivity contribution in [2.45, 2.75) is 20.1 Å². The van der Waals surface area contributed by atoms with E-state index in [1.54, 1.807) is 6.07 Å². The van der Waals surface area contributed by atoms with Crippen LogP contribution in [-0.4, -0.2) is 17.7 Å². The molecule has 0 saturated carbocycles. The van der Waals surface area contributed by atoms with Crippen LogP contribution in [0.25, 0.3) is 11.3 Å². The van der Waals surface area contributed by atoms with Gasteiger partial charge in [-0.25, -0.2) is 0 Å². The van der Waals surface area contributed by atoms with Crippen LogP contribution in [0, 0.1) is 0 Å². The molecule has 0 fully saturated rings. The smallest absolute Gasteiger partial charge is 0.290 e. The monoisotopic (exact) mass is 336 g/mol. The summed E-state index contributed by atoms with van der Waals surface area (Å²) in [6.45, 7) is 3.69. The molecule has 1 aromatic heterocycles. The number of ether oxygens (including phenoxy) is 1. The molecule has 0 atom stereocenters. The van der Waals surface area contributed by atoms with Gasteiger partial charge in [0.25, 0.3) is 5.91 Å². The Bertz CT molecular complexity index is 810. The quantitative estimate of drug-likeness (QED) is 0.712. The van der Waals surface area contributed by atoms with Crippen LogP contribution >= 0.6 is 0 Å². The Morgan fingerprint density at radius 1 is 1.08 bits per heavy atom. The summed E-state index contributed by atoms with van der Waals surface area (Å²) in [4.78, 5) is 12.2. The minimum atomic E-state index is -0.284. The summed E-state index contributed by atoms with van der Waals surface area (Å²) in [6.07, 6.45) is 0. The molecule has 0 spiro atoms. The highest BCUT2D eigenvalue weighted by Gasteiger charge is 2.13. The Morgan fingerprint density at radius 2 is 1.80 bits per heavy atom. The highest BCUT2D eigenvalue weighted by atomic mass is 16.5. The number of rotatable bonds is 7. The Labute approximate surface area is 146 Å². The maximum atomic E-state index is 12.2. The van der Waals surface area contributed by atoms with E-state index < -0.39 is 0 Å². The molecule has 3 rings (SSSR count). The van der Waals surface area contributed by atoms with Crippen molar-refractivity contribution in [2.75, 3.05) is 6.61 Å². The molecule has 128 valence electrons. The third kappa shape index (κ3) is 4.55. The zero-order valence-electron chi connectivity index (χ0n) is 14.1. The molecule has 0 aliphatic heterocycles. The second-order valence-electron chi connectivity index (χ2n) is 5.58. The van der Waals surface area contributed by atoms with E-state index in [4.69, 9.17) is 9.26 Å². The van der Waals surface area contributed by atoms with Crippen molar-refractivity contribution in [3.8, 4) is 11.3 Å². The highest BCUT2D eigenvalue weighted by Crippen LogP contribution is 2.18. The molecule has 25 heavy (non-hydrogen) atoms. The van der Waals surface area contributed by atoms with Crippen LogP contribution in [0.4, 0.5) is 0 Å². The van der Waals surface area contributed by atoms with Crippen LogP contribution in [0.15, 0.2) is 65.2 Å². The number of benzene rings is 2. The predicted molar refractivity (Wildman–Crippen MR) is 94.9 cm³/mol. The Kier molecular flexibility index (Phi) is 5.59. The fourth-order valence-electron chi connectivity index (χ4n) is 2.37. The van der Waals surface area contributed by atoms with Crippen LogP contribution in [0.2, 0.25) is 0 Å². The minimum Gasteiger partial charge on any atom is -0.377 e. The minimum absolute atomic E-state index is 0.201. The second kappa shape index (κ2) is 8.26. The van der Waals surface area contributed by atoms with Gasteiger partial charge in [0.2, 0.25) is 5.76 Å². The van der Waals surface area contributed by atoms with Crippen LogP contribution in [-0.2, 0) is 17.9 Å². The number of aromatic nitrogens is 1. The highest BCUT2D eigenvalue weighted by molar-refractivity contribution is 5.92. The van der Waals surface area contributed by atoms with Crippen LogP contribution < -0.4 is 5.32 Å². The first-order chi connectivity index (χ1) is 12.3. The lowest BCUT2D eigenvalue weighted by molar-refractivity contribution is 0.0914. The third-order valence-corrected chi connectivity index (χ3v) is 3.75. The lowest BCUT2D eigenvalue weighted by atomic mass is 10.1. The largest absolute Gasteiger partial charge is 0.377 e. The lowest BCUT2D eigenvalue weighted by Crippen LogP contribution is -2.22. The summed E-state index contributed by atoms with van der Waals surface area (Å²) in [5.41, 5.74) is 3.68. The standard InChI is InChI=1S/C20H20N2O3/c1-2-24-14-16-10-8-15(9-11-16)13-21-20(23)19-12-18(22-25-19)17-6-4-3-5-7-17/h3-12H,2,13-14H2,1H3,(H,21,23). The molecule has 5 heteroatoms. The van der Waals surface area contributed by atoms with Gasteiger partial charge in [-0.2, -0.15) is 0 Å². The maximum absolute atomic E-state index is 12.2. The molecule has 1 heterocycles.